The summed E-state index contributed by atoms with van der Waals surface area (Å²) in [6.07, 6.45) is 5.69. The molecule has 0 amide bonds. The smallest absolute Gasteiger partial charge is 0.0845 e. The van der Waals surface area contributed by atoms with Gasteiger partial charge in [0.05, 0.1) is 5.60 Å². The van der Waals surface area contributed by atoms with Crippen LogP contribution in [-0.4, -0.2) is 24.4 Å². The summed E-state index contributed by atoms with van der Waals surface area (Å²) in [4.78, 5) is 0. The van der Waals surface area contributed by atoms with Gasteiger partial charge in [0.1, 0.15) is 0 Å². The number of hydrogen-bond donors (Lipinski definition) is 1. The van der Waals surface area contributed by atoms with Gasteiger partial charge in [-0.2, -0.15) is 0 Å². The molecule has 5 atom stereocenters. The zero-order chi connectivity index (χ0) is 8.34. The summed E-state index contributed by atoms with van der Waals surface area (Å²) in [5.74, 6) is 2.34. The van der Waals surface area contributed by atoms with Crippen molar-refractivity contribution < 1.29 is 9.84 Å². The van der Waals surface area contributed by atoms with Gasteiger partial charge in [-0.25, -0.2) is 0 Å². The lowest BCUT2D eigenvalue weighted by molar-refractivity contribution is 0.0459. The molecule has 2 fully saturated rings. The van der Waals surface area contributed by atoms with E-state index in [1.54, 1.807) is 0 Å². The highest BCUT2D eigenvalue weighted by Gasteiger charge is 2.76. The average Bonchev–Trinajstić information content (AvgIpc) is 2.55. The molecule has 0 aromatic heterocycles. The average molecular weight is 166 g/mol. The van der Waals surface area contributed by atoms with Crippen LogP contribution >= 0.6 is 0 Å². The third kappa shape index (κ3) is 0.511. The van der Waals surface area contributed by atoms with Crippen LogP contribution in [0.5, 0.6) is 0 Å². The molecule has 0 aromatic rings. The van der Waals surface area contributed by atoms with Crippen LogP contribution in [0.15, 0.2) is 12.2 Å². The zero-order valence-corrected chi connectivity index (χ0v) is 7.23. The number of aliphatic hydroxyl groups is 1. The number of fused-ring (bicyclic) bond motifs is 1. The highest BCUT2D eigenvalue weighted by atomic mass is 16.5. The number of ether oxygens (including phenoxy) is 1. The maximum absolute atomic E-state index is 9.15. The Balaban J connectivity index is 1.94. The van der Waals surface area contributed by atoms with E-state index in [0.29, 0.717) is 30.3 Å². The molecule has 0 saturated heterocycles. The van der Waals surface area contributed by atoms with Crippen LogP contribution in [-0.2, 0) is 4.74 Å². The lowest BCUT2D eigenvalue weighted by Gasteiger charge is -2.15. The second-order valence-corrected chi connectivity index (χ2v) is 4.28. The van der Waals surface area contributed by atoms with Crippen molar-refractivity contribution in [3.63, 3.8) is 0 Å². The minimum absolute atomic E-state index is 0.132. The Bertz CT molecular complexity index is 248. The molecule has 0 aromatic carbocycles. The van der Waals surface area contributed by atoms with Crippen molar-refractivity contribution in [1.82, 2.24) is 0 Å². The fraction of sp³-hybridized carbons (Fsp3) is 0.800. The highest BCUT2D eigenvalue weighted by Crippen LogP contribution is 2.72. The van der Waals surface area contributed by atoms with Crippen molar-refractivity contribution in [2.24, 2.45) is 23.7 Å². The van der Waals surface area contributed by atoms with Gasteiger partial charge >= 0.3 is 0 Å². The zero-order valence-electron chi connectivity index (χ0n) is 7.23. The molecule has 1 unspecified atom stereocenters. The van der Waals surface area contributed by atoms with Gasteiger partial charge in [0, 0.05) is 31.5 Å². The molecule has 2 saturated carbocycles. The van der Waals surface area contributed by atoms with Crippen molar-refractivity contribution in [3.05, 3.63) is 12.2 Å². The molecule has 2 nitrogen and oxygen atoms in total. The van der Waals surface area contributed by atoms with Crippen molar-refractivity contribution in [2.75, 3.05) is 13.7 Å². The maximum atomic E-state index is 9.15. The fourth-order valence-corrected chi connectivity index (χ4v) is 3.62. The fourth-order valence-electron chi connectivity index (χ4n) is 3.62. The minimum atomic E-state index is 0.132. The van der Waals surface area contributed by atoms with Crippen LogP contribution in [0.1, 0.15) is 6.42 Å². The second-order valence-electron chi connectivity index (χ2n) is 4.28. The van der Waals surface area contributed by atoms with Gasteiger partial charge in [0.25, 0.3) is 0 Å². The van der Waals surface area contributed by atoms with Crippen LogP contribution < -0.4 is 0 Å². The summed E-state index contributed by atoms with van der Waals surface area (Å²) >= 11 is 0. The predicted octanol–water partition coefficient (Wildman–Crippen LogP) is 0.816. The molecule has 0 spiro atoms. The normalized spacial score (nSPS) is 59.2. The third-order valence-electron chi connectivity index (χ3n) is 4.10. The van der Waals surface area contributed by atoms with Gasteiger partial charge < -0.3 is 9.84 Å². The monoisotopic (exact) mass is 166 g/mol. The van der Waals surface area contributed by atoms with Gasteiger partial charge in [-0.05, 0) is 12.3 Å². The van der Waals surface area contributed by atoms with Crippen LogP contribution in [0.3, 0.4) is 0 Å². The highest BCUT2D eigenvalue weighted by molar-refractivity contribution is 5.37. The summed E-state index contributed by atoms with van der Waals surface area (Å²) in [5, 5.41) is 9.15. The van der Waals surface area contributed by atoms with Crippen LogP contribution in [0, 0.1) is 23.7 Å². The maximum Gasteiger partial charge on any atom is 0.0845 e. The summed E-state index contributed by atoms with van der Waals surface area (Å²) in [7, 11) is 1.81. The molecule has 0 radical (unpaired) electrons. The molecule has 1 N–H and O–H groups in total. The van der Waals surface area contributed by atoms with E-state index in [4.69, 9.17) is 9.84 Å². The largest absolute Gasteiger partial charge is 0.396 e. The summed E-state index contributed by atoms with van der Waals surface area (Å²) < 4.78 is 5.62. The molecular formula is C10H14O2. The molecule has 2 heteroatoms. The number of methoxy groups -OCH3 is 1. The Morgan fingerprint density at radius 2 is 2.42 bits per heavy atom. The van der Waals surface area contributed by atoms with Crippen molar-refractivity contribution >= 4 is 0 Å². The summed E-state index contributed by atoms with van der Waals surface area (Å²) in [5.41, 5.74) is 0.132. The Labute approximate surface area is 72.2 Å². The SMILES string of the molecule is COC12[C@H]3[C@H](CO)C[C@@H]1C=C[C@@H]32. The second kappa shape index (κ2) is 1.94. The topological polar surface area (TPSA) is 29.5 Å². The molecular weight excluding hydrogens is 152 g/mol. The molecule has 0 aliphatic heterocycles. The van der Waals surface area contributed by atoms with E-state index < -0.39 is 0 Å². The molecule has 66 valence electrons. The predicted molar refractivity (Wildman–Crippen MR) is 44.5 cm³/mol. The Hall–Kier alpha value is -0.340. The van der Waals surface area contributed by atoms with Gasteiger partial charge in [0.15, 0.2) is 0 Å². The third-order valence-corrected chi connectivity index (χ3v) is 4.10. The first-order chi connectivity index (χ1) is 5.84. The number of rotatable bonds is 2. The van der Waals surface area contributed by atoms with E-state index in [0.717, 1.165) is 6.42 Å². The lowest BCUT2D eigenvalue weighted by Crippen LogP contribution is -2.20. The standard InChI is InChI=1S/C10H14O2/c1-12-10-7-2-3-8(10)9(10)6(4-7)5-11/h2-3,6-9,11H,4-5H2,1H3/t6-,7-,8-,9-,10?/m0/s1. The van der Waals surface area contributed by atoms with Crippen molar-refractivity contribution in [2.45, 2.75) is 12.0 Å². The van der Waals surface area contributed by atoms with E-state index in [2.05, 4.69) is 12.2 Å². The van der Waals surface area contributed by atoms with E-state index >= 15 is 0 Å². The van der Waals surface area contributed by atoms with E-state index in [1.807, 2.05) is 7.11 Å². The van der Waals surface area contributed by atoms with Crippen LogP contribution in [0.2, 0.25) is 0 Å². The molecule has 0 heterocycles. The van der Waals surface area contributed by atoms with E-state index in [-0.39, 0.29) is 5.60 Å². The van der Waals surface area contributed by atoms with Gasteiger partial charge in [-0.15, -0.1) is 0 Å². The molecule has 0 bridgehead atoms. The Kier molecular flexibility index (Phi) is 1.15. The first-order valence-corrected chi connectivity index (χ1v) is 4.69. The first kappa shape index (κ1) is 7.10. The van der Waals surface area contributed by atoms with Crippen LogP contribution in [0.4, 0.5) is 0 Å². The van der Waals surface area contributed by atoms with Crippen molar-refractivity contribution in [3.8, 4) is 0 Å². The lowest BCUT2D eigenvalue weighted by atomic mass is 9.98. The van der Waals surface area contributed by atoms with E-state index in [9.17, 15) is 0 Å². The van der Waals surface area contributed by atoms with Gasteiger partial charge in [0.2, 0.25) is 0 Å². The summed E-state index contributed by atoms with van der Waals surface area (Å²) in [6, 6.07) is 0. The molecule has 12 heavy (non-hydrogen) atoms. The van der Waals surface area contributed by atoms with Crippen LogP contribution in [0.25, 0.3) is 0 Å². The van der Waals surface area contributed by atoms with Crippen molar-refractivity contribution in [1.29, 1.82) is 0 Å². The number of hydrogen-bond acceptors (Lipinski definition) is 2. The molecule has 3 aliphatic carbocycles. The molecule has 3 rings (SSSR count). The van der Waals surface area contributed by atoms with Gasteiger partial charge in [-0.1, -0.05) is 12.2 Å². The number of aliphatic hydroxyl groups excluding tert-OH is 1. The Morgan fingerprint density at radius 3 is 2.92 bits per heavy atom. The molecule has 3 aliphatic rings. The van der Waals surface area contributed by atoms with Gasteiger partial charge in [-0.3, -0.25) is 0 Å². The minimum Gasteiger partial charge on any atom is -0.396 e. The van der Waals surface area contributed by atoms with E-state index in [1.165, 1.54) is 0 Å². The quantitative estimate of drug-likeness (QED) is 0.615. The summed E-state index contributed by atoms with van der Waals surface area (Å²) in [6.45, 7) is 0.338. The first-order valence-electron chi connectivity index (χ1n) is 4.69. The Morgan fingerprint density at radius 1 is 1.58 bits per heavy atom.